The first-order chi connectivity index (χ1) is 6.90. The molecular formula is C8H14N4OS. The number of likely N-dealkylation sites (N-methyl/N-ethyl adjacent to an activating group) is 1. The van der Waals surface area contributed by atoms with Gasteiger partial charge in [-0.2, -0.15) is 0 Å². The molecule has 1 aromatic rings. The van der Waals surface area contributed by atoms with Gasteiger partial charge in [0.2, 0.25) is 5.13 Å². The van der Waals surface area contributed by atoms with Gasteiger partial charge in [-0.25, -0.2) is 0 Å². The van der Waals surface area contributed by atoms with Crippen LogP contribution in [0.15, 0.2) is 5.51 Å². The lowest BCUT2D eigenvalue weighted by molar-refractivity contribution is 0.0421. The smallest absolute Gasteiger partial charge is 0.208 e. The molecule has 2 heterocycles. The summed E-state index contributed by atoms with van der Waals surface area (Å²) in [5.41, 5.74) is 1.76. The van der Waals surface area contributed by atoms with Gasteiger partial charge in [-0.1, -0.05) is 11.3 Å². The first-order valence-electron chi connectivity index (χ1n) is 4.67. The minimum Gasteiger partial charge on any atom is -0.373 e. The van der Waals surface area contributed by atoms with E-state index in [1.807, 2.05) is 7.05 Å². The summed E-state index contributed by atoms with van der Waals surface area (Å²) in [4.78, 5) is 2.23. The first-order valence-corrected chi connectivity index (χ1v) is 5.55. The van der Waals surface area contributed by atoms with E-state index in [0.29, 0.717) is 0 Å². The number of ether oxygens (including phenoxy) is 1. The number of nitrogens with zero attached hydrogens (tertiary/aromatic N) is 3. The van der Waals surface area contributed by atoms with E-state index >= 15 is 0 Å². The average molecular weight is 214 g/mol. The van der Waals surface area contributed by atoms with Crippen molar-refractivity contribution in [3.05, 3.63) is 5.51 Å². The minimum absolute atomic E-state index is 0.262. The van der Waals surface area contributed by atoms with Crippen LogP contribution in [-0.2, 0) is 4.74 Å². The van der Waals surface area contributed by atoms with Crippen LogP contribution in [0, 0.1) is 0 Å². The predicted molar refractivity (Wildman–Crippen MR) is 55.8 cm³/mol. The number of hydrogen-bond donors (Lipinski definition) is 1. The Morgan fingerprint density at radius 1 is 1.79 bits per heavy atom. The molecular weight excluding hydrogens is 200 g/mol. The van der Waals surface area contributed by atoms with Gasteiger partial charge in [0.15, 0.2) is 0 Å². The zero-order chi connectivity index (χ0) is 9.80. The van der Waals surface area contributed by atoms with Crippen molar-refractivity contribution < 1.29 is 4.74 Å². The third-order valence-corrected chi connectivity index (χ3v) is 2.94. The standard InChI is InChI=1S/C8H14N4OS/c1-9-4-7-5-12(2-3-13-7)8-11-10-6-14-8/h6-7,9H,2-5H2,1H3. The van der Waals surface area contributed by atoms with Crippen LogP contribution in [0.4, 0.5) is 5.13 Å². The lowest BCUT2D eigenvalue weighted by Gasteiger charge is -2.32. The Bertz CT molecular complexity index is 264. The fourth-order valence-corrected chi connectivity index (χ4v) is 2.15. The van der Waals surface area contributed by atoms with E-state index in [1.54, 1.807) is 16.8 Å². The summed E-state index contributed by atoms with van der Waals surface area (Å²) in [6.07, 6.45) is 0.262. The van der Waals surface area contributed by atoms with Gasteiger partial charge in [-0.15, -0.1) is 10.2 Å². The Labute approximate surface area is 87.1 Å². The molecule has 1 atom stereocenters. The van der Waals surface area contributed by atoms with Crippen molar-refractivity contribution in [1.82, 2.24) is 15.5 Å². The van der Waals surface area contributed by atoms with E-state index in [2.05, 4.69) is 20.4 Å². The highest BCUT2D eigenvalue weighted by Crippen LogP contribution is 2.18. The zero-order valence-electron chi connectivity index (χ0n) is 8.14. The molecule has 14 heavy (non-hydrogen) atoms. The summed E-state index contributed by atoms with van der Waals surface area (Å²) in [7, 11) is 1.94. The molecule has 0 aromatic carbocycles. The van der Waals surface area contributed by atoms with Crippen LogP contribution < -0.4 is 10.2 Å². The van der Waals surface area contributed by atoms with Crippen molar-refractivity contribution >= 4 is 16.5 Å². The summed E-state index contributed by atoms with van der Waals surface area (Å²) in [6, 6.07) is 0. The molecule has 0 radical (unpaired) electrons. The summed E-state index contributed by atoms with van der Waals surface area (Å²) >= 11 is 1.58. The monoisotopic (exact) mass is 214 g/mol. The third kappa shape index (κ3) is 2.20. The average Bonchev–Trinajstić information content (AvgIpc) is 2.71. The molecule has 0 aliphatic carbocycles. The van der Waals surface area contributed by atoms with Crippen LogP contribution in [0.3, 0.4) is 0 Å². The maximum atomic E-state index is 5.60. The van der Waals surface area contributed by atoms with Crippen molar-refractivity contribution in [2.45, 2.75) is 6.10 Å². The number of rotatable bonds is 3. The zero-order valence-corrected chi connectivity index (χ0v) is 8.96. The van der Waals surface area contributed by atoms with Gasteiger partial charge in [0.1, 0.15) is 5.51 Å². The third-order valence-electron chi connectivity index (χ3n) is 2.19. The molecule has 0 amide bonds. The van der Waals surface area contributed by atoms with Gasteiger partial charge in [-0.3, -0.25) is 0 Å². The van der Waals surface area contributed by atoms with Crippen molar-refractivity contribution in [1.29, 1.82) is 0 Å². The highest BCUT2D eigenvalue weighted by molar-refractivity contribution is 7.13. The Hall–Kier alpha value is -0.720. The van der Waals surface area contributed by atoms with Crippen LogP contribution >= 0.6 is 11.3 Å². The van der Waals surface area contributed by atoms with E-state index in [9.17, 15) is 0 Å². The maximum absolute atomic E-state index is 5.60. The van der Waals surface area contributed by atoms with Gasteiger partial charge in [0.05, 0.1) is 12.7 Å². The SMILES string of the molecule is CNCC1CN(c2nncs2)CCO1. The number of nitrogens with one attached hydrogen (secondary N) is 1. The molecule has 1 aliphatic heterocycles. The van der Waals surface area contributed by atoms with Crippen LogP contribution in [0.1, 0.15) is 0 Å². The molecule has 1 N–H and O–H groups in total. The van der Waals surface area contributed by atoms with Gasteiger partial charge in [0.25, 0.3) is 0 Å². The Kier molecular flexibility index (Phi) is 3.28. The number of hydrogen-bond acceptors (Lipinski definition) is 6. The van der Waals surface area contributed by atoms with E-state index in [4.69, 9.17) is 4.74 Å². The molecule has 6 heteroatoms. The fourth-order valence-electron chi connectivity index (χ4n) is 1.55. The molecule has 1 aromatic heterocycles. The van der Waals surface area contributed by atoms with Gasteiger partial charge in [-0.05, 0) is 7.05 Å². The van der Waals surface area contributed by atoms with Gasteiger partial charge in [0, 0.05) is 19.6 Å². The molecule has 2 rings (SSSR count). The number of morpholine rings is 1. The molecule has 1 fully saturated rings. The summed E-state index contributed by atoms with van der Waals surface area (Å²) in [5, 5.41) is 12.0. The Balaban J connectivity index is 1.94. The van der Waals surface area contributed by atoms with Crippen LogP contribution in [0.5, 0.6) is 0 Å². The molecule has 78 valence electrons. The van der Waals surface area contributed by atoms with E-state index in [0.717, 1.165) is 31.4 Å². The minimum atomic E-state index is 0.262. The first kappa shape index (κ1) is 9.82. The number of aromatic nitrogens is 2. The molecule has 0 saturated carbocycles. The van der Waals surface area contributed by atoms with Gasteiger partial charge >= 0.3 is 0 Å². The van der Waals surface area contributed by atoms with E-state index < -0.39 is 0 Å². The van der Waals surface area contributed by atoms with E-state index in [-0.39, 0.29) is 6.10 Å². The maximum Gasteiger partial charge on any atom is 0.208 e. The molecule has 5 nitrogen and oxygen atoms in total. The molecule has 0 bridgehead atoms. The molecule has 1 aliphatic rings. The van der Waals surface area contributed by atoms with Crippen molar-refractivity contribution in [3.63, 3.8) is 0 Å². The highest BCUT2D eigenvalue weighted by Gasteiger charge is 2.21. The molecule has 1 unspecified atom stereocenters. The summed E-state index contributed by atoms with van der Waals surface area (Å²) in [5.74, 6) is 0. The lowest BCUT2D eigenvalue weighted by atomic mass is 10.3. The molecule has 0 spiro atoms. The van der Waals surface area contributed by atoms with Crippen molar-refractivity contribution in [2.24, 2.45) is 0 Å². The topological polar surface area (TPSA) is 50.3 Å². The lowest BCUT2D eigenvalue weighted by Crippen LogP contribution is -2.46. The largest absolute Gasteiger partial charge is 0.373 e. The second kappa shape index (κ2) is 4.68. The van der Waals surface area contributed by atoms with Gasteiger partial charge < -0.3 is 15.0 Å². The second-order valence-electron chi connectivity index (χ2n) is 3.22. The quantitative estimate of drug-likeness (QED) is 0.765. The predicted octanol–water partition coefficient (Wildman–Crippen LogP) is -0.0373. The Morgan fingerprint density at radius 2 is 2.71 bits per heavy atom. The van der Waals surface area contributed by atoms with Crippen molar-refractivity contribution in [2.75, 3.05) is 38.2 Å². The second-order valence-corrected chi connectivity index (χ2v) is 4.03. The summed E-state index contributed by atoms with van der Waals surface area (Å²) < 4.78 is 5.60. The summed E-state index contributed by atoms with van der Waals surface area (Å²) in [6.45, 7) is 3.46. The highest BCUT2D eigenvalue weighted by atomic mass is 32.1. The fraction of sp³-hybridized carbons (Fsp3) is 0.750. The molecule has 1 saturated heterocycles. The number of anilines is 1. The Morgan fingerprint density at radius 3 is 3.43 bits per heavy atom. The van der Waals surface area contributed by atoms with E-state index in [1.165, 1.54) is 0 Å². The normalized spacial score (nSPS) is 22.6. The van der Waals surface area contributed by atoms with Crippen molar-refractivity contribution in [3.8, 4) is 0 Å². The van der Waals surface area contributed by atoms with Crippen LogP contribution in [0.2, 0.25) is 0 Å². The van der Waals surface area contributed by atoms with Crippen LogP contribution in [-0.4, -0.2) is 49.6 Å². The van der Waals surface area contributed by atoms with Crippen LogP contribution in [0.25, 0.3) is 0 Å².